The Balaban J connectivity index is 2.28. The topological polar surface area (TPSA) is 97.7 Å². The van der Waals surface area contributed by atoms with Gasteiger partial charge in [0.2, 0.25) is 5.88 Å². The Bertz CT molecular complexity index is 1120. The van der Waals surface area contributed by atoms with Crippen molar-refractivity contribution in [1.29, 1.82) is 0 Å². The number of para-hydroxylation sites is 2. The molecule has 7 nitrogen and oxygen atoms in total. The first kappa shape index (κ1) is 19.3. The van der Waals surface area contributed by atoms with Gasteiger partial charge in [-0.15, -0.1) is 0 Å². The molecule has 2 aromatic carbocycles. The molecule has 0 unspecified atom stereocenters. The molecule has 3 aromatic rings. The van der Waals surface area contributed by atoms with Crippen LogP contribution in [0.25, 0.3) is 16.5 Å². The number of fused-ring (bicyclic) bond motifs is 1. The predicted octanol–water partition coefficient (Wildman–Crippen LogP) is 4.07. The minimum absolute atomic E-state index is 0.0117. The number of pyridine rings is 1. The molecule has 0 saturated heterocycles. The third-order valence-corrected chi connectivity index (χ3v) is 4.48. The van der Waals surface area contributed by atoms with Crippen molar-refractivity contribution in [2.24, 2.45) is 10.9 Å². The molecule has 0 radical (unpaired) electrons. The molecule has 1 heterocycles. The molecule has 0 aliphatic heterocycles. The third kappa shape index (κ3) is 3.64. The lowest BCUT2D eigenvalue weighted by atomic mass is 10.1. The number of benzene rings is 2. The van der Waals surface area contributed by atoms with Crippen molar-refractivity contribution in [1.82, 2.24) is 4.57 Å². The number of nitro benzene ring substituents is 1. The molecular formula is C21H21N3O4. The first-order chi connectivity index (χ1) is 13.4. The second-order valence-corrected chi connectivity index (χ2v) is 6.89. The largest absolute Gasteiger partial charge is 0.494 e. The SMILES string of the molecule is CC(C)CCN=Cc1c(O)n(-c2ccccc2[N+](=O)[O-])c(=O)c2ccccc12. The summed E-state index contributed by atoms with van der Waals surface area (Å²) in [6.45, 7) is 4.77. The summed E-state index contributed by atoms with van der Waals surface area (Å²) in [6, 6.07) is 12.7. The molecule has 0 aliphatic rings. The number of aliphatic imine (C=N–C) groups is 1. The Morgan fingerprint density at radius 2 is 1.79 bits per heavy atom. The van der Waals surface area contributed by atoms with Gasteiger partial charge in [-0.3, -0.25) is 19.9 Å². The minimum atomic E-state index is -0.577. The molecule has 0 atom stereocenters. The van der Waals surface area contributed by atoms with E-state index in [2.05, 4.69) is 18.8 Å². The molecule has 0 spiro atoms. The molecule has 0 bridgehead atoms. The zero-order valence-corrected chi connectivity index (χ0v) is 15.7. The number of hydrogen-bond acceptors (Lipinski definition) is 5. The van der Waals surface area contributed by atoms with Crippen molar-refractivity contribution in [2.75, 3.05) is 6.54 Å². The van der Waals surface area contributed by atoms with Crippen LogP contribution in [-0.2, 0) is 0 Å². The Kier molecular flexibility index (Phi) is 5.54. The van der Waals surface area contributed by atoms with E-state index in [-0.39, 0.29) is 17.3 Å². The molecule has 144 valence electrons. The molecule has 0 fully saturated rings. The fourth-order valence-corrected chi connectivity index (χ4v) is 3.01. The fraction of sp³-hybridized carbons (Fsp3) is 0.238. The zero-order chi connectivity index (χ0) is 20.3. The number of aromatic nitrogens is 1. The summed E-state index contributed by atoms with van der Waals surface area (Å²) in [5.41, 5.74) is -0.422. The van der Waals surface area contributed by atoms with Crippen molar-refractivity contribution >= 4 is 22.7 Å². The number of hydrogen-bond donors (Lipinski definition) is 1. The number of aromatic hydroxyl groups is 1. The standard InChI is InChI=1S/C21H21N3O4/c1-14(2)11-12-22-13-17-15-7-3-4-8-16(15)20(25)23(21(17)26)18-9-5-6-10-19(18)24(27)28/h3-10,13-14,26H,11-12H2,1-2H3. The van der Waals surface area contributed by atoms with Crippen LogP contribution in [0.15, 0.2) is 58.3 Å². The van der Waals surface area contributed by atoms with Gasteiger partial charge in [-0.2, -0.15) is 0 Å². The molecule has 7 heteroatoms. The van der Waals surface area contributed by atoms with E-state index in [4.69, 9.17) is 0 Å². The number of nitro groups is 1. The fourth-order valence-electron chi connectivity index (χ4n) is 3.01. The summed E-state index contributed by atoms with van der Waals surface area (Å²) < 4.78 is 0.976. The summed E-state index contributed by atoms with van der Waals surface area (Å²) in [4.78, 5) is 28.3. The van der Waals surface area contributed by atoms with Gasteiger partial charge in [0.15, 0.2) is 0 Å². The highest BCUT2D eigenvalue weighted by Gasteiger charge is 2.22. The third-order valence-electron chi connectivity index (χ3n) is 4.48. The van der Waals surface area contributed by atoms with Gasteiger partial charge in [-0.1, -0.05) is 44.2 Å². The molecule has 3 rings (SSSR count). The lowest BCUT2D eigenvalue weighted by Gasteiger charge is -2.13. The molecule has 1 aromatic heterocycles. The van der Waals surface area contributed by atoms with E-state index in [1.54, 1.807) is 30.3 Å². The van der Waals surface area contributed by atoms with Crippen LogP contribution >= 0.6 is 0 Å². The number of rotatable bonds is 6. The van der Waals surface area contributed by atoms with Crippen LogP contribution in [0.1, 0.15) is 25.8 Å². The van der Waals surface area contributed by atoms with Crippen molar-refractivity contribution in [3.8, 4) is 11.6 Å². The van der Waals surface area contributed by atoms with E-state index in [0.29, 0.717) is 28.8 Å². The van der Waals surface area contributed by atoms with E-state index in [0.717, 1.165) is 11.0 Å². The van der Waals surface area contributed by atoms with Crippen molar-refractivity contribution in [2.45, 2.75) is 20.3 Å². The van der Waals surface area contributed by atoms with E-state index in [9.17, 15) is 20.0 Å². The second kappa shape index (κ2) is 8.04. The Hall–Kier alpha value is -3.48. The smallest absolute Gasteiger partial charge is 0.293 e. The van der Waals surface area contributed by atoms with Gasteiger partial charge in [-0.25, -0.2) is 4.57 Å². The van der Waals surface area contributed by atoms with Gasteiger partial charge in [0.25, 0.3) is 11.2 Å². The van der Waals surface area contributed by atoms with Gasteiger partial charge in [0.1, 0.15) is 5.69 Å². The quantitative estimate of drug-likeness (QED) is 0.396. The molecule has 28 heavy (non-hydrogen) atoms. The highest BCUT2D eigenvalue weighted by atomic mass is 16.6. The van der Waals surface area contributed by atoms with Crippen LogP contribution in [0.4, 0.5) is 5.69 Å². The van der Waals surface area contributed by atoms with Crippen molar-refractivity contribution < 1.29 is 10.0 Å². The van der Waals surface area contributed by atoms with Crippen LogP contribution in [0.2, 0.25) is 0 Å². The summed E-state index contributed by atoms with van der Waals surface area (Å²) in [5, 5.41) is 23.2. The normalized spacial score (nSPS) is 11.5. The molecule has 0 saturated carbocycles. The van der Waals surface area contributed by atoms with Crippen LogP contribution in [0, 0.1) is 16.0 Å². The highest BCUT2D eigenvalue weighted by molar-refractivity contribution is 6.01. The molecular weight excluding hydrogens is 358 g/mol. The van der Waals surface area contributed by atoms with Gasteiger partial charge in [0, 0.05) is 29.6 Å². The average Bonchev–Trinajstić information content (AvgIpc) is 2.67. The molecule has 1 N–H and O–H groups in total. The van der Waals surface area contributed by atoms with Crippen LogP contribution in [-0.4, -0.2) is 27.4 Å². The Morgan fingerprint density at radius 3 is 2.46 bits per heavy atom. The highest BCUT2D eigenvalue weighted by Crippen LogP contribution is 2.29. The zero-order valence-electron chi connectivity index (χ0n) is 15.7. The average molecular weight is 379 g/mol. The van der Waals surface area contributed by atoms with Crippen LogP contribution < -0.4 is 5.56 Å². The second-order valence-electron chi connectivity index (χ2n) is 6.89. The van der Waals surface area contributed by atoms with E-state index < -0.39 is 10.5 Å². The summed E-state index contributed by atoms with van der Waals surface area (Å²) in [5.74, 6) is 0.120. The van der Waals surface area contributed by atoms with Crippen LogP contribution in [0.3, 0.4) is 0 Å². The number of nitrogens with zero attached hydrogens (tertiary/aromatic N) is 3. The van der Waals surface area contributed by atoms with Gasteiger partial charge in [-0.05, 0) is 24.5 Å². The first-order valence-electron chi connectivity index (χ1n) is 9.02. The predicted molar refractivity (Wildman–Crippen MR) is 110 cm³/mol. The lowest BCUT2D eigenvalue weighted by molar-refractivity contribution is -0.384. The minimum Gasteiger partial charge on any atom is -0.494 e. The molecule has 0 aliphatic carbocycles. The van der Waals surface area contributed by atoms with Gasteiger partial charge in [0.05, 0.1) is 10.5 Å². The van der Waals surface area contributed by atoms with Gasteiger partial charge < -0.3 is 5.11 Å². The molecule has 0 amide bonds. The Morgan fingerprint density at radius 1 is 1.14 bits per heavy atom. The summed E-state index contributed by atoms with van der Waals surface area (Å²) in [7, 11) is 0. The maximum Gasteiger partial charge on any atom is 0.293 e. The lowest BCUT2D eigenvalue weighted by Crippen LogP contribution is -2.21. The van der Waals surface area contributed by atoms with Crippen molar-refractivity contribution in [3.05, 3.63) is 74.6 Å². The first-order valence-corrected chi connectivity index (χ1v) is 9.02. The Labute approximate surface area is 161 Å². The van der Waals surface area contributed by atoms with E-state index in [1.807, 2.05) is 0 Å². The van der Waals surface area contributed by atoms with Gasteiger partial charge >= 0.3 is 0 Å². The summed E-state index contributed by atoms with van der Waals surface area (Å²) in [6.07, 6.45) is 2.42. The maximum absolute atomic E-state index is 13.0. The van der Waals surface area contributed by atoms with Crippen LogP contribution in [0.5, 0.6) is 5.88 Å². The monoisotopic (exact) mass is 379 g/mol. The maximum atomic E-state index is 13.0. The van der Waals surface area contributed by atoms with Crippen molar-refractivity contribution in [3.63, 3.8) is 0 Å². The van der Waals surface area contributed by atoms with E-state index >= 15 is 0 Å². The van der Waals surface area contributed by atoms with E-state index in [1.165, 1.54) is 24.4 Å². The summed E-state index contributed by atoms with van der Waals surface area (Å²) >= 11 is 0.